The van der Waals surface area contributed by atoms with Gasteiger partial charge in [0.25, 0.3) is 0 Å². The van der Waals surface area contributed by atoms with Crippen molar-refractivity contribution in [2.75, 3.05) is 19.6 Å². The van der Waals surface area contributed by atoms with Gasteiger partial charge < -0.3 is 4.90 Å². The third-order valence-electron chi connectivity index (χ3n) is 5.33. The van der Waals surface area contributed by atoms with E-state index in [0.717, 1.165) is 26.1 Å². The number of aryl methyl sites for hydroxylation is 2. The first-order valence-corrected chi connectivity index (χ1v) is 9.45. The molecule has 3 aromatic heterocycles. The predicted molar refractivity (Wildman–Crippen MR) is 100 cm³/mol. The molecule has 0 aromatic carbocycles. The van der Waals surface area contributed by atoms with E-state index in [9.17, 15) is 4.79 Å². The van der Waals surface area contributed by atoms with Gasteiger partial charge in [-0.1, -0.05) is 6.07 Å². The van der Waals surface area contributed by atoms with Crippen LogP contribution in [0.3, 0.4) is 0 Å². The molecule has 3 aromatic rings. The fourth-order valence-electron chi connectivity index (χ4n) is 3.75. The van der Waals surface area contributed by atoms with E-state index >= 15 is 0 Å². The van der Waals surface area contributed by atoms with Crippen molar-refractivity contribution in [1.82, 2.24) is 19.1 Å². The zero-order valence-corrected chi connectivity index (χ0v) is 15.3. The molecule has 4 heterocycles. The molecular formula is C20H26N5O+. The van der Waals surface area contributed by atoms with E-state index in [4.69, 9.17) is 0 Å². The third-order valence-corrected chi connectivity index (χ3v) is 5.33. The number of rotatable bonds is 5. The number of aromatic nitrogens is 4. The summed E-state index contributed by atoms with van der Waals surface area (Å²) in [6, 6.07) is 10.6. The van der Waals surface area contributed by atoms with Gasteiger partial charge in [-0.2, -0.15) is 0 Å². The topological polar surface area (TPSA) is 46.4 Å². The molecule has 0 saturated carbocycles. The molecule has 6 nitrogen and oxygen atoms in total. The van der Waals surface area contributed by atoms with Crippen LogP contribution in [0.25, 0.3) is 5.65 Å². The van der Waals surface area contributed by atoms with Crippen LogP contribution in [-0.2, 0) is 6.54 Å². The van der Waals surface area contributed by atoms with Crippen molar-refractivity contribution in [2.24, 2.45) is 0 Å². The van der Waals surface area contributed by atoms with Crippen LogP contribution in [0.15, 0.2) is 53.7 Å². The maximum absolute atomic E-state index is 12.3. The van der Waals surface area contributed by atoms with E-state index in [1.165, 1.54) is 18.4 Å². The molecule has 0 aliphatic carbocycles. The van der Waals surface area contributed by atoms with E-state index in [2.05, 4.69) is 46.0 Å². The molecule has 0 bridgehead atoms. The molecule has 1 fully saturated rings. The van der Waals surface area contributed by atoms with Gasteiger partial charge in [0, 0.05) is 50.8 Å². The third kappa shape index (κ3) is 3.55. The number of pyridine rings is 2. The normalized spacial score (nSPS) is 16.3. The summed E-state index contributed by atoms with van der Waals surface area (Å²) in [4.78, 5) is 14.8. The second-order valence-electron chi connectivity index (χ2n) is 7.18. The molecule has 0 spiro atoms. The molecule has 0 radical (unpaired) electrons. The van der Waals surface area contributed by atoms with E-state index in [0.29, 0.717) is 18.2 Å². The summed E-state index contributed by atoms with van der Waals surface area (Å²) in [7, 11) is 0. The molecular weight excluding hydrogens is 326 g/mol. The number of hydrogen-bond donors (Lipinski definition) is 0. The van der Waals surface area contributed by atoms with E-state index < -0.39 is 0 Å². The van der Waals surface area contributed by atoms with Crippen molar-refractivity contribution in [3.8, 4) is 0 Å². The van der Waals surface area contributed by atoms with Crippen molar-refractivity contribution in [3.05, 3.63) is 65.0 Å². The Morgan fingerprint density at radius 1 is 1.12 bits per heavy atom. The number of fused-ring (bicyclic) bond motifs is 1. The Bertz CT molecular complexity index is 919. The highest BCUT2D eigenvalue weighted by atomic mass is 16.2. The van der Waals surface area contributed by atoms with Crippen molar-refractivity contribution in [1.29, 1.82) is 0 Å². The highest BCUT2D eigenvalue weighted by Gasteiger charge is 2.25. The lowest BCUT2D eigenvalue weighted by Gasteiger charge is -2.29. The lowest BCUT2D eigenvalue weighted by Crippen LogP contribution is -2.46. The Morgan fingerprint density at radius 2 is 1.88 bits per heavy atom. The van der Waals surface area contributed by atoms with Crippen LogP contribution in [-0.4, -0.2) is 38.7 Å². The van der Waals surface area contributed by atoms with Crippen LogP contribution in [0.1, 0.15) is 30.9 Å². The highest BCUT2D eigenvalue weighted by molar-refractivity contribution is 5.35. The first-order valence-electron chi connectivity index (χ1n) is 9.45. The largest absolute Gasteiger partial charge is 0.350 e. The van der Waals surface area contributed by atoms with Crippen LogP contribution in [0.5, 0.6) is 0 Å². The van der Waals surface area contributed by atoms with Gasteiger partial charge in [-0.05, 0) is 37.6 Å². The smallest absolute Gasteiger partial charge is 0.303 e. The minimum absolute atomic E-state index is 0.0462. The molecule has 6 heteroatoms. The molecule has 0 N–H and O–H groups in total. The van der Waals surface area contributed by atoms with Crippen molar-refractivity contribution in [2.45, 2.75) is 38.8 Å². The maximum Gasteiger partial charge on any atom is 0.350 e. The van der Waals surface area contributed by atoms with Crippen LogP contribution >= 0.6 is 0 Å². The van der Waals surface area contributed by atoms with E-state index in [-0.39, 0.29) is 5.69 Å². The summed E-state index contributed by atoms with van der Waals surface area (Å²) in [6.45, 7) is 6.05. The van der Waals surface area contributed by atoms with Gasteiger partial charge in [-0.25, -0.2) is 14.0 Å². The summed E-state index contributed by atoms with van der Waals surface area (Å²) in [5.74, 6) is 0. The Kier molecular flexibility index (Phi) is 4.84. The molecule has 136 valence electrons. The van der Waals surface area contributed by atoms with Crippen molar-refractivity contribution < 1.29 is 4.57 Å². The Morgan fingerprint density at radius 3 is 2.62 bits per heavy atom. The number of hydrogen-bond acceptors (Lipinski definition) is 3. The first-order chi connectivity index (χ1) is 12.7. The Labute approximate surface area is 153 Å². The summed E-state index contributed by atoms with van der Waals surface area (Å²) >= 11 is 0. The van der Waals surface area contributed by atoms with Gasteiger partial charge in [-0.3, -0.25) is 4.40 Å². The van der Waals surface area contributed by atoms with Gasteiger partial charge in [-0.15, -0.1) is 5.10 Å². The molecule has 0 atom stereocenters. The summed E-state index contributed by atoms with van der Waals surface area (Å²) < 4.78 is 5.54. The minimum atomic E-state index is -0.0462. The van der Waals surface area contributed by atoms with Crippen LogP contribution < -0.4 is 10.3 Å². The lowest BCUT2D eigenvalue weighted by molar-refractivity contribution is -0.725. The number of piperidine rings is 1. The average molecular weight is 352 g/mol. The zero-order valence-electron chi connectivity index (χ0n) is 15.3. The maximum atomic E-state index is 12.3. The second-order valence-corrected chi connectivity index (χ2v) is 7.18. The fraction of sp³-hybridized carbons (Fsp3) is 0.450. The fourth-order valence-corrected chi connectivity index (χ4v) is 3.75. The molecule has 0 unspecified atom stereocenters. The van der Waals surface area contributed by atoms with Gasteiger partial charge in [0.05, 0.1) is 0 Å². The molecule has 1 aliphatic heterocycles. The number of likely N-dealkylation sites (tertiary alicyclic amines) is 1. The van der Waals surface area contributed by atoms with Crippen LogP contribution in [0.4, 0.5) is 0 Å². The molecule has 0 amide bonds. The van der Waals surface area contributed by atoms with Gasteiger partial charge in [0.15, 0.2) is 24.1 Å². The molecule has 1 aliphatic rings. The second kappa shape index (κ2) is 7.41. The summed E-state index contributed by atoms with van der Waals surface area (Å²) in [6.07, 6.45) is 9.49. The highest BCUT2D eigenvalue weighted by Crippen LogP contribution is 2.17. The quantitative estimate of drug-likeness (QED) is 0.658. The Balaban J connectivity index is 1.28. The van der Waals surface area contributed by atoms with Gasteiger partial charge in [0.1, 0.15) is 0 Å². The number of nitrogens with zero attached hydrogens (tertiary/aromatic N) is 5. The summed E-state index contributed by atoms with van der Waals surface area (Å²) in [5, 5.41) is 4.40. The molecule has 1 saturated heterocycles. The van der Waals surface area contributed by atoms with Gasteiger partial charge >= 0.3 is 5.69 Å². The standard InChI is InChI=1S/C20H26N5O/c1-17-6-15-23(16-7-17)18-8-13-22(14-9-18)10-4-12-25-20(26)24-11-3-2-5-19(24)21-25/h2-3,5-7,11,15-16,18H,4,8-10,12-14H2,1H3/q+1. The lowest BCUT2D eigenvalue weighted by atomic mass is 10.0. The molecule has 4 rings (SSSR count). The molecule has 26 heavy (non-hydrogen) atoms. The zero-order chi connectivity index (χ0) is 17.9. The Hall–Kier alpha value is -2.47. The van der Waals surface area contributed by atoms with Gasteiger partial charge in [0.2, 0.25) is 0 Å². The monoisotopic (exact) mass is 352 g/mol. The van der Waals surface area contributed by atoms with Crippen molar-refractivity contribution in [3.63, 3.8) is 0 Å². The van der Waals surface area contributed by atoms with Crippen LogP contribution in [0, 0.1) is 6.92 Å². The average Bonchev–Trinajstić information content (AvgIpc) is 2.99. The SMILES string of the molecule is Cc1cc[n+](C2CCN(CCCn3nc4ccccn4c3=O)CC2)cc1. The van der Waals surface area contributed by atoms with E-state index in [1.807, 2.05) is 18.2 Å². The first kappa shape index (κ1) is 17.0. The van der Waals surface area contributed by atoms with Crippen LogP contribution in [0.2, 0.25) is 0 Å². The van der Waals surface area contributed by atoms with Crippen molar-refractivity contribution >= 4 is 5.65 Å². The minimum Gasteiger partial charge on any atom is -0.303 e. The van der Waals surface area contributed by atoms with E-state index in [1.54, 1.807) is 15.3 Å². The summed E-state index contributed by atoms with van der Waals surface area (Å²) in [5.41, 5.74) is 1.98. The predicted octanol–water partition coefficient (Wildman–Crippen LogP) is 1.82.